The third-order valence-electron chi connectivity index (χ3n) is 0.213. The highest BCUT2D eigenvalue weighted by Gasteiger charge is 2.27. The van der Waals surface area contributed by atoms with E-state index in [2.05, 4.69) is 4.31 Å². The normalized spacial score (nSPS) is 11.3. The van der Waals surface area contributed by atoms with Gasteiger partial charge in [-0.25, -0.2) is 9.13 Å². The first kappa shape index (κ1) is 18.6. The minimum atomic E-state index is -5.05. The summed E-state index contributed by atoms with van der Waals surface area (Å²) in [6.07, 6.45) is 0. The molecule has 0 heterocycles. The maximum Gasteiger partial charge on any atom is 0.478 e. The van der Waals surface area contributed by atoms with Crippen molar-refractivity contribution in [3.05, 3.63) is 0 Å². The van der Waals surface area contributed by atoms with Crippen LogP contribution in [-0.4, -0.2) is 65.7 Å². The van der Waals surface area contributed by atoms with Crippen molar-refractivity contribution in [3.8, 4) is 0 Å². The third-order valence-corrected chi connectivity index (χ3v) is 1.91. The molecule has 0 aliphatic heterocycles. The van der Waals surface area contributed by atoms with Gasteiger partial charge >= 0.3 is 15.6 Å². The summed E-state index contributed by atoms with van der Waals surface area (Å²) in [5, 5.41) is 0. The number of hydrogen-bond acceptors (Lipinski definition) is 3. The van der Waals surface area contributed by atoms with Gasteiger partial charge in [-0.2, -0.15) is 4.31 Å². The molecular formula is H4Mg2O7P2. The van der Waals surface area contributed by atoms with Gasteiger partial charge in [0, 0.05) is 46.1 Å². The van der Waals surface area contributed by atoms with E-state index in [0.29, 0.717) is 0 Å². The van der Waals surface area contributed by atoms with Gasteiger partial charge in [-0.15, -0.1) is 0 Å². The van der Waals surface area contributed by atoms with Crippen LogP contribution in [0.4, 0.5) is 0 Å². The second-order valence-corrected chi connectivity index (χ2v) is 3.68. The maximum absolute atomic E-state index is 9.63. The zero-order valence-corrected chi connectivity index (χ0v) is 9.94. The van der Waals surface area contributed by atoms with Crippen molar-refractivity contribution in [1.29, 1.82) is 0 Å². The number of phosphoric acid groups is 2. The van der Waals surface area contributed by atoms with E-state index in [1.165, 1.54) is 0 Å². The maximum atomic E-state index is 9.63. The fourth-order valence-electron chi connectivity index (χ4n) is 0.139. The topological polar surface area (TPSA) is 124 Å². The average Bonchev–Trinajstić information content (AvgIpc) is 1.14. The summed E-state index contributed by atoms with van der Waals surface area (Å²) in [7, 11) is -10.1. The van der Waals surface area contributed by atoms with Crippen LogP contribution in [-0.2, 0) is 13.4 Å². The van der Waals surface area contributed by atoms with Crippen LogP contribution >= 0.6 is 15.6 Å². The Hall–Kier alpha value is 1.79. The van der Waals surface area contributed by atoms with Crippen LogP contribution in [0, 0.1) is 0 Å². The van der Waals surface area contributed by atoms with Gasteiger partial charge in [0.05, 0.1) is 0 Å². The van der Waals surface area contributed by atoms with Crippen LogP contribution in [0.5, 0.6) is 0 Å². The van der Waals surface area contributed by atoms with Gasteiger partial charge < -0.3 is 19.6 Å². The van der Waals surface area contributed by atoms with E-state index < -0.39 is 15.6 Å². The highest BCUT2D eigenvalue weighted by Crippen LogP contribution is 2.53. The molecule has 11 heteroatoms. The van der Waals surface area contributed by atoms with Crippen molar-refractivity contribution < 1.29 is 33.0 Å². The van der Waals surface area contributed by atoms with Gasteiger partial charge in [0.15, 0.2) is 0 Å². The molecule has 11 heavy (non-hydrogen) atoms. The highest BCUT2D eigenvalue weighted by molar-refractivity contribution is 7.60. The first-order valence-electron chi connectivity index (χ1n) is 1.53. The smallest absolute Gasteiger partial charge is 0.302 e. The van der Waals surface area contributed by atoms with Gasteiger partial charge in [-0.05, 0) is 0 Å². The molecule has 60 valence electrons. The fourth-order valence-corrected chi connectivity index (χ4v) is 1.25. The van der Waals surface area contributed by atoms with Crippen LogP contribution in [0.1, 0.15) is 0 Å². The molecule has 0 aromatic heterocycles. The lowest BCUT2D eigenvalue weighted by Crippen LogP contribution is -1.84. The summed E-state index contributed by atoms with van der Waals surface area (Å²) in [4.78, 5) is 31.0. The fraction of sp³-hybridized carbons (Fsp3) is 0. The van der Waals surface area contributed by atoms with Gasteiger partial charge in [-0.3, -0.25) is 0 Å². The summed E-state index contributed by atoms with van der Waals surface area (Å²) in [6.45, 7) is 0. The predicted octanol–water partition coefficient (Wildman–Crippen LogP) is -1.57. The van der Waals surface area contributed by atoms with Crippen molar-refractivity contribution in [3.63, 3.8) is 0 Å². The quantitative estimate of drug-likeness (QED) is 0.331. The van der Waals surface area contributed by atoms with Crippen LogP contribution in [0.25, 0.3) is 0 Å². The molecule has 0 aromatic carbocycles. The molecular weight excluding hydrogens is 223 g/mol. The summed E-state index contributed by atoms with van der Waals surface area (Å²) in [5.41, 5.74) is 0. The number of rotatable bonds is 2. The molecule has 0 atom stereocenters. The molecule has 0 bridgehead atoms. The largest absolute Gasteiger partial charge is 0.478 e. The van der Waals surface area contributed by atoms with Gasteiger partial charge in [0.1, 0.15) is 0 Å². The zero-order chi connectivity index (χ0) is 7.71. The Bertz CT molecular complexity index is 155. The van der Waals surface area contributed by atoms with Crippen LogP contribution in [0.2, 0.25) is 0 Å². The molecule has 0 aliphatic carbocycles. The Morgan fingerprint density at radius 3 is 1.00 bits per heavy atom. The molecule has 0 aromatic rings. The first-order valence-corrected chi connectivity index (χ1v) is 4.59. The third kappa shape index (κ3) is 18.6. The predicted molar refractivity (Wildman–Crippen MR) is 36.7 cm³/mol. The molecule has 4 N–H and O–H groups in total. The van der Waals surface area contributed by atoms with E-state index in [0.717, 1.165) is 0 Å². The average molecular weight is 227 g/mol. The Morgan fingerprint density at radius 1 is 0.818 bits per heavy atom. The lowest BCUT2D eigenvalue weighted by Gasteiger charge is -2.03. The van der Waals surface area contributed by atoms with Gasteiger partial charge in [0.2, 0.25) is 0 Å². The van der Waals surface area contributed by atoms with Crippen LogP contribution in [0.3, 0.4) is 0 Å². The lowest BCUT2D eigenvalue weighted by atomic mass is 15.7. The molecule has 0 spiro atoms. The molecule has 0 rings (SSSR count). The SMILES string of the molecule is O=P(O)(O)OP(=O)(O)O.[Mg].[Mg]. The van der Waals surface area contributed by atoms with E-state index >= 15 is 0 Å². The first-order chi connectivity index (χ1) is 3.71. The molecule has 0 amide bonds. The summed E-state index contributed by atoms with van der Waals surface area (Å²) < 4.78 is 22.2. The molecule has 0 aliphatic rings. The van der Waals surface area contributed by atoms with Crippen LogP contribution < -0.4 is 0 Å². The molecule has 4 radical (unpaired) electrons. The molecule has 0 unspecified atom stereocenters. The van der Waals surface area contributed by atoms with Crippen molar-refractivity contribution in [2.45, 2.75) is 0 Å². The Kier molecular flexibility index (Phi) is 10.6. The monoisotopic (exact) mass is 226 g/mol. The minimum Gasteiger partial charge on any atom is -0.302 e. The lowest BCUT2D eigenvalue weighted by molar-refractivity contribution is 0.225. The van der Waals surface area contributed by atoms with Crippen molar-refractivity contribution in [1.82, 2.24) is 0 Å². The van der Waals surface area contributed by atoms with E-state index in [9.17, 15) is 9.13 Å². The standard InChI is InChI=1S/2Mg.H4O7P2/c;;1-8(2,3)7-9(4,5)6/h;;(H2,1,2,3)(H2,4,5,6). The Labute approximate surface area is 94.3 Å². The summed E-state index contributed by atoms with van der Waals surface area (Å²) >= 11 is 0. The zero-order valence-electron chi connectivity index (χ0n) is 5.32. The molecule has 0 saturated heterocycles. The van der Waals surface area contributed by atoms with E-state index in [1.807, 2.05) is 0 Å². The molecule has 0 saturated carbocycles. The molecule has 7 nitrogen and oxygen atoms in total. The van der Waals surface area contributed by atoms with Crippen LogP contribution in [0.15, 0.2) is 0 Å². The van der Waals surface area contributed by atoms with E-state index in [1.54, 1.807) is 0 Å². The van der Waals surface area contributed by atoms with Crippen molar-refractivity contribution in [2.75, 3.05) is 0 Å². The second kappa shape index (κ2) is 6.28. The number of hydrogen-bond donors (Lipinski definition) is 4. The van der Waals surface area contributed by atoms with Gasteiger partial charge in [0.25, 0.3) is 0 Å². The Morgan fingerprint density at radius 2 is 1.00 bits per heavy atom. The molecule has 0 fully saturated rings. The Balaban J connectivity index is -0.000000320. The summed E-state index contributed by atoms with van der Waals surface area (Å²) in [6, 6.07) is 0. The minimum absolute atomic E-state index is 0. The van der Waals surface area contributed by atoms with E-state index in [4.69, 9.17) is 19.6 Å². The van der Waals surface area contributed by atoms with Crippen molar-refractivity contribution in [2.24, 2.45) is 0 Å². The van der Waals surface area contributed by atoms with Gasteiger partial charge in [-0.1, -0.05) is 0 Å². The van der Waals surface area contributed by atoms with E-state index in [-0.39, 0.29) is 46.1 Å². The summed E-state index contributed by atoms with van der Waals surface area (Å²) in [5.74, 6) is 0. The second-order valence-electron chi connectivity index (χ2n) is 1.06. The van der Waals surface area contributed by atoms with Crippen molar-refractivity contribution >= 4 is 61.8 Å². The highest BCUT2D eigenvalue weighted by atomic mass is 31.3.